The van der Waals surface area contributed by atoms with Crippen molar-refractivity contribution in [1.29, 1.82) is 10.5 Å². The van der Waals surface area contributed by atoms with Gasteiger partial charge in [0.2, 0.25) is 0 Å². The molecule has 23 heavy (non-hydrogen) atoms. The summed E-state index contributed by atoms with van der Waals surface area (Å²) in [5, 5.41) is 22.6. The third-order valence-corrected chi connectivity index (χ3v) is 4.87. The summed E-state index contributed by atoms with van der Waals surface area (Å²) >= 11 is 2.16. The lowest BCUT2D eigenvalue weighted by Gasteiger charge is -2.01. The van der Waals surface area contributed by atoms with E-state index in [1.165, 1.54) is 0 Å². The van der Waals surface area contributed by atoms with Crippen LogP contribution in [0.3, 0.4) is 0 Å². The molecule has 110 valence electrons. The van der Waals surface area contributed by atoms with E-state index in [-0.39, 0.29) is 0 Å². The van der Waals surface area contributed by atoms with E-state index in [4.69, 9.17) is 0 Å². The topological polar surface area (TPSA) is 63.4 Å². The molecule has 0 amide bonds. The third kappa shape index (κ3) is 3.12. The number of hydrogen-bond acceptors (Lipinski definition) is 4. The molecule has 0 spiro atoms. The van der Waals surface area contributed by atoms with Crippen LogP contribution in [0.1, 0.15) is 0 Å². The van der Waals surface area contributed by atoms with E-state index in [2.05, 4.69) is 15.8 Å². The Morgan fingerprint density at radius 1 is 0.652 bits per heavy atom. The van der Waals surface area contributed by atoms with Gasteiger partial charge in [-0.05, 0) is 34.7 Å². The van der Waals surface area contributed by atoms with E-state index in [0.29, 0.717) is 0 Å². The van der Waals surface area contributed by atoms with Crippen LogP contribution in [0.5, 0.6) is 0 Å². The summed E-state index contributed by atoms with van der Waals surface area (Å²) in [6.07, 6.45) is 0. The number of aromatic nitrogens is 1. The minimum absolute atomic E-state index is 0.795. The Kier molecular flexibility index (Phi) is 4.73. The van der Waals surface area contributed by atoms with Crippen molar-refractivity contribution < 1.29 is 0 Å². The van der Waals surface area contributed by atoms with Gasteiger partial charge in [-0.25, -0.2) is 0 Å². The highest BCUT2D eigenvalue weighted by atomic mass is 32.2. The fourth-order valence-corrected chi connectivity index (χ4v) is 3.73. The number of H-pyrrole nitrogens is 1. The predicted molar refractivity (Wildman–Crippen MR) is 94.6 cm³/mol. The van der Waals surface area contributed by atoms with E-state index in [1.54, 1.807) is 0 Å². The minimum atomic E-state index is 0.795. The summed E-state index contributed by atoms with van der Waals surface area (Å²) in [5.41, 5.74) is 3.72. The monoisotopic (exact) mass is 333 g/mol. The van der Waals surface area contributed by atoms with Crippen molar-refractivity contribution >= 4 is 23.5 Å². The van der Waals surface area contributed by atoms with Crippen molar-refractivity contribution in [1.82, 2.24) is 4.98 Å². The van der Waals surface area contributed by atoms with Crippen molar-refractivity contribution in [2.45, 2.75) is 9.79 Å². The van der Waals surface area contributed by atoms with Crippen LogP contribution in [-0.2, 0) is 0 Å². The molecular weight excluding hydrogens is 322 g/mol. The highest BCUT2D eigenvalue weighted by Gasteiger charge is 2.20. The van der Waals surface area contributed by atoms with Gasteiger partial charge in [-0.3, -0.25) is 0 Å². The number of nitrogens with one attached hydrogen (secondary N) is 1. The van der Waals surface area contributed by atoms with Gasteiger partial charge in [-0.15, -0.1) is 0 Å². The molecule has 2 aromatic carbocycles. The molecule has 0 fully saturated rings. The first-order valence-corrected chi connectivity index (χ1v) is 8.47. The molecule has 1 N–H and O–H groups in total. The van der Waals surface area contributed by atoms with Crippen molar-refractivity contribution in [3.05, 3.63) is 60.7 Å². The van der Waals surface area contributed by atoms with Crippen LogP contribution in [0.15, 0.2) is 70.5 Å². The first kappa shape index (κ1) is 15.3. The third-order valence-electron chi connectivity index (χ3n) is 3.33. The molecule has 1 aromatic heterocycles. The van der Waals surface area contributed by atoms with Gasteiger partial charge in [0.15, 0.2) is 0 Å². The van der Waals surface area contributed by atoms with E-state index in [0.717, 1.165) is 55.8 Å². The lowest BCUT2D eigenvalue weighted by molar-refractivity contribution is 1.34. The summed E-state index contributed by atoms with van der Waals surface area (Å²) in [7, 11) is 0. The summed E-state index contributed by atoms with van der Waals surface area (Å²) in [6.45, 7) is 0. The molecule has 0 saturated heterocycles. The number of nitrogens with zero attached hydrogens (tertiary/aromatic N) is 2. The Bertz CT molecular complexity index is 814. The first-order valence-electron chi connectivity index (χ1n) is 6.84. The summed E-state index contributed by atoms with van der Waals surface area (Å²) in [6, 6.07) is 19.7. The number of thiocyanates is 2. The fraction of sp³-hybridized carbons (Fsp3) is 0. The normalized spacial score (nSPS) is 10.0. The average molecular weight is 333 g/mol. The average Bonchev–Trinajstić information content (AvgIpc) is 2.96. The standard InChI is InChI=1S/C18H11N3S2/c19-11-22-17-15(13-7-3-1-4-8-13)21-16(18(17)23-12-20)14-9-5-2-6-10-14/h1-10,21H. The van der Waals surface area contributed by atoms with Crippen LogP contribution >= 0.6 is 23.5 Å². The quantitative estimate of drug-likeness (QED) is 0.506. The number of hydrogen-bond donors (Lipinski definition) is 1. The highest BCUT2D eigenvalue weighted by Crippen LogP contribution is 2.44. The number of nitriles is 2. The van der Waals surface area contributed by atoms with Gasteiger partial charge >= 0.3 is 0 Å². The zero-order chi connectivity index (χ0) is 16.1. The van der Waals surface area contributed by atoms with Gasteiger partial charge in [-0.2, -0.15) is 10.5 Å². The zero-order valence-corrected chi connectivity index (χ0v) is 13.6. The molecule has 5 heteroatoms. The summed E-state index contributed by atoms with van der Waals surface area (Å²) < 4.78 is 0. The minimum Gasteiger partial charge on any atom is -0.353 e. The van der Waals surface area contributed by atoms with Crippen LogP contribution in [0.4, 0.5) is 0 Å². The van der Waals surface area contributed by atoms with E-state index >= 15 is 0 Å². The lowest BCUT2D eigenvalue weighted by atomic mass is 10.1. The van der Waals surface area contributed by atoms with Crippen LogP contribution in [0.25, 0.3) is 22.5 Å². The predicted octanol–water partition coefficient (Wildman–Crippen LogP) is 5.50. The highest BCUT2D eigenvalue weighted by molar-refractivity contribution is 8.06. The Hall–Kier alpha value is -2.60. The molecule has 3 aromatic rings. The Morgan fingerprint density at radius 3 is 1.39 bits per heavy atom. The number of thioether (sulfide) groups is 2. The number of rotatable bonds is 4. The van der Waals surface area contributed by atoms with Gasteiger partial charge in [0.05, 0.1) is 21.2 Å². The smallest absolute Gasteiger partial charge is 0.138 e. The van der Waals surface area contributed by atoms with Gasteiger partial charge < -0.3 is 4.98 Å². The van der Waals surface area contributed by atoms with Gasteiger partial charge in [0, 0.05) is 0 Å². The number of benzene rings is 2. The first-order chi connectivity index (χ1) is 11.3. The molecule has 0 atom stereocenters. The molecule has 1 heterocycles. The molecule has 0 saturated carbocycles. The molecule has 3 rings (SSSR count). The molecule has 0 aliphatic carbocycles. The van der Waals surface area contributed by atoms with Crippen LogP contribution in [0, 0.1) is 21.3 Å². The number of aromatic amines is 1. The van der Waals surface area contributed by atoms with Crippen LogP contribution in [-0.4, -0.2) is 4.98 Å². The lowest BCUT2D eigenvalue weighted by Crippen LogP contribution is -1.80. The maximum Gasteiger partial charge on any atom is 0.138 e. The van der Waals surface area contributed by atoms with E-state index < -0.39 is 0 Å². The van der Waals surface area contributed by atoms with Gasteiger partial charge in [-0.1, -0.05) is 60.7 Å². The largest absolute Gasteiger partial charge is 0.353 e. The summed E-state index contributed by atoms with van der Waals surface area (Å²) in [5.74, 6) is 0. The summed E-state index contributed by atoms with van der Waals surface area (Å²) in [4.78, 5) is 5.00. The molecule has 0 radical (unpaired) electrons. The molecule has 3 nitrogen and oxygen atoms in total. The Morgan fingerprint density at radius 2 is 1.04 bits per heavy atom. The Labute approximate surface area is 143 Å². The van der Waals surface area contributed by atoms with Crippen molar-refractivity contribution in [3.8, 4) is 33.3 Å². The molecule has 0 aliphatic rings. The second-order valence-electron chi connectivity index (χ2n) is 4.65. The zero-order valence-electron chi connectivity index (χ0n) is 12.0. The second-order valence-corrected chi connectivity index (χ2v) is 6.24. The maximum atomic E-state index is 9.17. The second kappa shape index (κ2) is 7.11. The van der Waals surface area contributed by atoms with Crippen LogP contribution < -0.4 is 0 Å². The molecule has 0 aliphatic heterocycles. The van der Waals surface area contributed by atoms with Crippen molar-refractivity contribution in [2.75, 3.05) is 0 Å². The SMILES string of the molecule is N#CSc1c(-c2ccccc2)[nH]c(-c2ccccc2)c1SC#N. The molecule has 0 unspecified atom stereocenters. The van der Waals surface area contributed by atoms with Crippen molar-refractivity contribution in [2.24, 2.45) is 0 Å². The van der Waals surface area contributed by atoms with Gasteiger partial charge in [0.25, 0.3) is 0 Å². The van der Waals surface area contributed by atoms with Gasteiger partial charge in [0.1, 0.15) is 10.8 Å². The van der Waals surface area contributed by atoms with E-state index in [9.17, 15) is 10.5 Å². The van der Waals surface area contributed by atoms with Crippen molar-refractivity contribution in [3.63, 3.8) is 0 Å². The molecule has 0 bridgehead atoms. The van der Waals surface area contributed by atoms with Crippen LogP contribution in [0.2, 0.25) is 0 Å². The fourth-order valence-electron chi connectivity index (χ4n) is 2.37. The van der Waals surface area contributed by atoms with E-state index in [1.807, 2.05) is 60.7 Å². The Balaban J connectivity index is 2.25. The molecular formula is C18H11N3S2. The maximum absolute atomic E-state index is 9.17.